The van der Waals surface area contributed by atoms with Crippen molar-refractivity contribution in [2.75, 3.05) is 17.3 Å². The van der Waals surface area contributed by atoms with Gasteiger partial charge in [-0.25, -0.2) is 0 Å². The summed E-state index contributed by atoms with van der Waals surface area (Å²) in [6.07, 6.45) is 0.517. The summed E-state index contributed by atoms with van der Waals surface area (Å²) in [6, 6.07) is 5.20. The molecule has 1 saturated heterocycles. The third kappa shape index (κ3) is 2.00. The Morgan fingerprint density at radius 3 is 2.88 bits per heavy atom. The molecule has 0 radical (unpaired) electrons. The molecule has 1 aliphatic rings. The lowest BCUT2D eigenvalue weighted by molar-refractivity contribution is -0.117. The molecule has 0 aromatic heterocycles. The second-order valence-electron chi connectivity index (χ2n) is 4.20. The zero-order valence-corrected chi connectivity index (χ0v) is 9.87. The van der Waals surface area contributed by atoms with Gasteiger partial charge in [0.05, 0.1) is 0 Å². The summed E-state index contributed by atoms with van der Waals surface area (Å²) >= 11 is 5.76. The number of alkyl halides is 1. The Balaban J connectivity index is 2.24. The normalized spacial score (nSPS) is 20.5. The SMILES string of the molecule is Cc1cc(N2CC(CCl)CC2=O)ccc1O. The number of phenols is 1. The predicted molar refractivity (Wildman–Crippen MR) is 64.0 cm³/mol. The van der Waals surface area contributed by atoms with Crippen molar-refractivity contribution in [3.05, 3.63) is 23.8 Å². The van der Waals surface area contributed by atoms with Gasteiger partial charge in [0.2, 0.25) is 5.91 Å². The van der Waals surface area contributed by atoms with Gasteiger partial charge < -0.3 is 10.0 Å². The van der Waals surface area contributed by atoms with Gasteiger partial charge in [0.1, 0.15) is 5.75 Å². The first kappa shape index (κ1) is 11.3. The van der Waals surface area contributed by atoms with Gasteiger partial charge >= 0.3 is 0 Å². The van der Waals surface area contributed by atoms with Crippen LogP contribution in [0.5, 0.6) is 5.75 Å². The second-order valence-corrected chi connectivity index (χ2v) is 4.51. The zero-order valence-electron chi connectivity index (χ0n) is 9.11. The van der Waals surface area contributed by atoms with E-state index in [0.717, 1.165) is 11.3 Å². The molecule has 3 nitrogen and oxygen atoms in total. The average Bonchev–Trinajstić information content (AvgIpc) is 2.64. The Morgan fingerprint density at radius 1 is 1.56 bits per heavy atom. The molecule has 1 fully saturated rings. The fraction of sp³-hybridized carbons (Fsp3) is 0.417. The number of rotatable bonds is 2. The topological polar surface area (TPSA) is 40.5 Å². The highest BCUT2D eigenvalue weighted by Crippen LogP contribution is 2.28. The zero-order chi connectivity index (χ0) is 11.7. The number of phenolic OH excluding ortho intramolecular Hbond substituents is 1. The van der Waals surface area contributed by atoms with Crippen molar-refractivity contribution in [2.45, 2.75) is 13.3 Å². The largest absolute Gasteiger partial charge is 0.508 e. The molecule has 1 amide bonds. The van der Waals surface area contributed by atoms with Gasteiger partial charge in [-0.2, -0.15) is 0 Å². The summed E-state index contributed by atoms with van der Waals surface area (Å²) in [5.74, 6) is 1.11. The van der Waals surface area contributed by atoms with Gasteiger partial charge in [-0.05, 0) is 36.6 Å². The molecule has 1 N–H and O–H groups in total. The molecular weight excluding hydrogens is 226 g/mol. The van der Waals surface area contributed by atoms with Crippen molar-refractivity contribution in [1.29, 1.82) is 0 Å². The molecule has 1 aromatic carbocycles. The summed E-state index contributed by atoms with van der Waals surface area (Å²) in [5.41, 5.74) is 1.62. The van der Waals surface area contributed by atoms with E-state index in [-0.39, 0.29) is 17.6 Å². The molecule has 86 valence electrons. The molecule has 4 heteroatoms. The summed E-state index contributed by atoms with van der Waals surface area (Å²) in [6.45, 7) is 2.49. The molecule has 0 aliphatic carbocycles. The summed E-state index contributed by atoms with van der Waals surface area (Å²) in [7, 11) is 0. The molecule has 16 heavy (non-hydrogen) atoms. The number of amides is 1. The predicted octanol–water partition coefficient (Wildman–Crippen LogP) is 2.29. The highest BCUT2D eigenvalue weighted by Gasteiger charge is 2.29. The van der Waals surface area contributed by atoms with Crippen LogP contribution in [0, 0.1) is 12.8 Å². The van der Waals surface area contributed by atoms with E-state index < -0.39 is 0 Å². The quantitative estimate of drug-likeness (QED) is 0.805. The highest BCUT2D eigenvalue weighted by atomic mass is 35.5. The molecule has 1 unspecified atom stereocenters. The summed E-state index contributed by atoms with van der Waals surface area (Å²) < 4.78 is 0. The number of nitrogens with zero attached hydrogens (tertiary/aromatic N) is 1. The first-order chi connectivity index (χ1) is 7.61. The van der Waals surface area contributed by atoms with Crippen LogP contribution < -0.4 is 4.90 Å². The van der Waals surface area contributed by atoms with E-state index in [9.17, 15) is 9.90 Å². The fourth-order valence-electron chi connectivity index (χ4n) is 1.94. The number of hydrogen-bond acceptors (Lipinski definition) is 2. The van der Waals surface area contributed by atoms with E-state index in [1.165, 1.54) is 0 Å². The lowest BCUT2D eigenvalue weighted by Crippen LogP contribution is -2.24. The van der Waals surface area contributed by atoms with Crippen LogP contribution in [-0.2, 0) is 4.79 Å². The number of benzene rings is 1. The van der Waals surface area contributed by atoms with E-state index in [0.29, 0.717) is 18.8 Å². The van der Waals surface area contributed by atoms with Gasteiger partial charge in [0, 0.05) is 24.5 Å². The van der Waals surface area contributed by atoms with Crippen molar-refractivity contribution in [1.82, 2.24) is 0 Å². The Morgan fingerprint density at radius 2 is 2.31 bits per heavy atom. The van der Waals surface area contributed by atoms with Crippen LogP contribution in [0.3, 0.4) is 0 Å². The minimum absolute atomic E-state index is 0.107. The molecule has 0 spiro atoms. The van der Waals surface area contributed by atoms with E-state index in [1.54, 1.807) is 17.0 Å². The maximum absolute atomic E-state index is 11.7. The molecule has 1 heterocycles. The third-order valence-electron chi connectivity index (χ3n) is 2.92. The van der Waals surface area contributed by atoms with Crippen LogP contribution in [0.4, 0.5) is 5.69 Å². The van der Waals surface area contributed by atoms with Crippen molar-refractivity contribution in [3.8, 4) is 5.75 Å². The first-order valence-electron chi connectivity index (χ1n) is 5.27. The minimum atomic E-state index is 0.107. The van der Waals surface area contributed by atoms with Crippen LogP contribution in [0.15, 0.2) is 18.2 Å². The number of anilines is 1. The number of carbonyl (C=O) groups is 1. The van der Waals surface area contributed by atoms with Crippen LogP contribution in [0.2, 0.25) is 0 Å². The van der Waals surface area contributed by atoms with Crippen LogP contribution in [-0.4, -0.2) is 23.4 Å². The monoisotopic (exact) mass is 239 g/mol. The number of aryl methyl sites for hydroxylation is 1. The minimum Gasteiger partial charge on any atom is -0.508 e. The van der Waals surface area contributed by atoms with E-state index in [4.69, 9.17) is 11.6 Å². The number of halogens is 1. The van der Waals surface area contributed by atoms with Crippen molar-refractivity contribution >= 4 is 23.2 Å². The molecular formula is C12H14ClNO2. The van der Waals surface area contributed by atoms with E-state index >= 15 is 0 Å². The molecule has 1 aromatic rings. The maximum atomic E-state index is 11.7. The average molecular weight is 240 g/mol. The molecule has 2 rings (SSSR count). The maximum Gasteiger partial charge on any atom is 0.227 e. The van der Waals surface area contributed by atoms with Crippen LogP contribution >= 0.6 is 11.6 Å². The third-order valence-corrected chi connectivity index (χ3v) is 3.35. The van der Waals surface area contributed by atoms with E-state index in [1.807, 2.05) is 13.0 Å². The lowest BCUT2D eigenvalue weighted by atomic mass is 10.1. The lowest BCUT2D eigenvalue weighted by Gasteiger charge is -2.17. The number of hydrogen-bond donors (Lipinski definition) is 1. The van der Waals surface area contributed by atoms with Crippen molar-refractivity contribution in [3.63, 3.8) is 0 Å². The van der Waals surface area contributed by atoms with Gasteiger partial charge in [0.15, 0.2) is 0 Å². The number of carbonyl (C=O) groups excluding carboxylic acids is 1. The standard InChI is InChI=1S/C12H14ClNO2/c1-8-4-10(2-3-11(8)15)14-7-9(6-13)5-12(14)16/h2-4,9,15H,5-7H2,1H3. The molecule has 1 aliphatic heterocycles. The van der Waals surface area contributed by atoms with Crippen molar-refractivity contribution < 1.29 is 9.90 Å². The fourth-order valence-corrected chi connectivity index (χ4v) is 2.15. The summed E-state index contributed by atoms with van der Waals surface area (Å²) in [5, 5.41) is 9.43. The van der Waals surface area contributed by atoms with Gasteiger partial charge in [-0.15, -0.1) is 11.6 Å². The second kappa shape index (κ2) is 4.34. The van der Waals surface area contributed by atoms with E-state index in [2.05, 4.69) is 0 Å². The Kier molecular flexibility index (Phi) is 3.06. The van der Waals surface area contributed by atoms with Gasteiger partial charge in [-0.1, -0.05) is 0 Å². The number of aromatic hydroxyl groups is 1. The highest BCUT2D eigenvalue weighted by molar-refractivity contribution is 6.18. The first-order valence-corrected chi connectivity index (χ1v) is 5.81. The Bertz CT molecular complexity index is 419. The van der Waals surface area contributed by atoms with Crippen molar-refractivity contribution in [2.24, 2.45) is 5.92 Å². The van der Waals surface area contributed by atoms with Gasteiger partial charge in [0.25, 0.3) is 0 Å². The molecule has 0 saturated carbocycles. The Hall–Kier alpha value is -1.22. The van der Waals surface area contributed by atoms with Gasteiger partial charge in [-0.3, -0.25) is 4.79 Å². The molecule has 1 atom stereocenters. The summed E-state index contributed by atoms with van der Waals surface area (Å²) in [4.78, 5) is 13.5. The van der Waals surface area contributed by atoms with Crippen LogP contribution in [0.1, 0.15) is 12.0 Å². The Labute approximate surface area is 99.6 Å². The smallest absolute Gasteiger partial charge is 0.227 e. The molecule has 0 bridgehead atoms. The van der Waals surface area contributed by atoms with Crippen LogP contribution in [0.25, 0.3) is 0 Å².